The van der Waals surface area contributed by atoms with Crippen molar-refractivity contribution in [3.63, 3.8) is 0 Å². The van der Waals surface area contributed by atoms with E-state index >= 15 is 0 Å². The zero-order valence-corrected chi connectivity index (χ0v) is 12.5. The molecule has 1 rings (SSSR count). The van der Waals surface area contributed by atoms with Gasteiger partial charge < -0.3 is 21.3 Å². The van der Waals surface area contributed by atoms with Gasteiger partial charge in [-0.1, -0.05) is 12.1 Å². The molecule has 0 radical (unpaired) electrons. The molecule has 1 aromatic rings. The molecule has 1 aromatic carbocycles. The number of rotatable bonds is 9. The number of anilines is 1. The Bertz CT molecular complexity index is 495. The van der Waals surface area contributed by atoms with Crippen molar-refractivity contribution in [2.45, 2.75) is 0 Å². The van der Waals surface area contributed by atoms with Gasteiger partial charge in [-0.25, -0.2) is 0 Å². The van der Waals surface area contributed by atoms with Gasteiger partial charge >= 0.3 is 0 Å². The molecule has 0 saturated carbocycles. The summed E-state index contributed by atoms with van der Waals surface area (Å²) in [4.78, 5) is 12.5. The second-order valence-corrected chi connectivity index (χ2v) is 4.75. The Kier molecular flexibility index (Phi) is 7.14. The molecule has 0 fully saturated rings. The molecule has 21 heavy (non-hydrogen) atoms. The summed E-state index contributed by atoms with van der Waals surface area (Å²) in [5.41, 5.74) is 8.29. The van der Waals surface area contributed by atoms with Gasteiger partial charge in [0.05, 0.1) is 5.71 Å². The molecule has 0 unspecified atom stereocenters. The highest BCUT2D eigenvalue weighted by molar-refractivity contribution is 6.10. The lowest BCUT2D eigenvalue weighted by molar-refractivity contribution is -0.105. The Hall–Kier alpha value is -2.18. The third kappa shape index (κ3) is 5.37. The van der Waals surface area contributed by atoms with E-state index in [0.717, 1.165) is 24.2 Å². The highest BCUT2D eigenvalue weighted by atomic mass is 16.1. The summed E-state index contributed by atoms with van der Waals surface area (Å²) in [7, 11) is 3.90. The van der Waals surface area contributed by atoms with Crippen LogP contribution < -0.4 is 16.4 Å². The van der Waals surface area contributed by atoms with E-state index in [2.05, 4.69) is 15.5 Å². The molecule has 0 bridgehead atoms. The Labute approximate surface area is 125 Å². The summed E-state index contributed by atoms with van der Waals surface area (Å²) in [6.45, 7) is 2.38. The summed E-state index contributed by atoms with van der Waals surface area (Å²) >= 11 is 0. The fraction of sp³-hybridized carbons (Fsp3) is 0.333. The van der Waals surface area contributed by atoms with E-state index < -0.39 is 0 Å². The summed E-state index contributed by atoms with van der Waals surface area (Å²) < 4.78 is 0. The number of nitrogens with two attached hydrogens (primary N) is 1. The van der Waals surface area contributed by atoms with E-state index in [1.54, 1.807) is 24.3 Å². The van der Waals surface area contributed by atoms with Crippen molar-refractivity contribution in [3.8, 4) is 0 Å². The van der Waals surface area contributed by atoms with E-state index in [1.807, 2.05) is 14.1 Å². The number of nitrogens with one attached hydrogen (secondary N) is 3. The first kappa shape index (κ1) is 16.9. The summed E-state index contributed by atoms with van der Waals surface area (Å²) in [6, 6.07) is 7.12. The minimum Gasteiger partial charge on any atom is -0.404 e. The molecule has 6 nitrogen and oxygen atoms in total. The highest BCUT2D eigenvalue weighted by Crippen LogP contribution is 2.13. The van der Waals surface area contributed by atoms with Crippen molar-refractivity contribution in [3.05, 3.63) is 41.6 Å². The standard InChI is InChI=1S/C15H23N5O/c1-18-7-8-20(2)10-13(9-16)15(17)12-3-5-14(6-4-12)19-11-21/h3-6,9,11,17-18H,7-8,10,16H2,1-2H3,(H,19,21)/b13-9-,17-15?. The second-order valence-electron chi connectivity index (χ2n) is 4.75. The first-order valence-corrected chi connectivity index (χ1v) is 6.75. The molecule has 0 saturated heterocycles. The molecule has 0 aromatic heterocycles. The van der Waals surface area contributed by atoms with Crippen molar-refractivity contribution in [2.24, 2.45) is 5.73 Å². The minimum absolute atomic E-state index is 0.395. The molecule has 0 aliphatic carbocycles. The molecule has 0 spiro atoms. The van der Waals surface area contributed by atoms with Crippen molar-refractivity contribution in [1.29, 1.82) is 5.41 Å². The number of hydrogen-bond donors (Lipinski definition) is 4. The molecule has 0 aliphatic heterocycles. The third-order valence-electron chi connectivity index (χ3n) is 3.11. The lowest BCUT2D eigenvalue weighted by atomic mass is 10.0. The number of amides is 1. The van der Waals surface area contributed by atoms with Crippen molar-refractivity contribution >= 4 is 17.8 Å². The fourth-order valence-electron chi connectivity index (χ4n) is 1.87. The molecule has 0 atom stereocenters. The molecule has 5 N–H and O–H groups in total. The van der Waals surface area contributed by atoms with Crippen LogP contribution in [0.25, 0.3) is 0 Å². The predicted octanol–water partition coefficient (Wildman–Crippen LogP) is 0.617. The van der Waals surface area contributed by atoms with Gasteiger partial charge in [0.1, 0.15) is 0 Å². The quantitative estimate of drug-likeness (QED) is 0.396. The number of carbonyl (C=O) groups excluding carboxylic acids is 1. The van der Waals surface area contributed by atoms with Crippen LogP contribution in [0.4, 0.5) is 5.69 Å². The van der Waals surface area contributed by atoms with Crippen molar-refractivity contribution in [2.75, 3.05) is 39.0 Å². The molecule has 0 aliphatic rings. The predicted molar refractivity (Wildman–Crippen MR) is 86.7 cm³/mol. The van der Waals surface area contributed by atoms with Crippen LogP contribution in [0.2, 0.25) is 0 Å². The summed E-state index contributed by atoms with van der Waals surface area (Å²) in [5, 5.41) is 13.9. The normalized spacial score (nSPS) is 11.5. The number of benzene rings is 1. The Morgan fingerprint density at radius 3 is 2.57 bits per heavy atom. The SMILES string of the molecule is CNCCN(C)C/C(=C/N)C(=N)c1ccc(NC=O)cc1. The van der Waals surface area contributed by atoms with Gasteiger partial charge in [-0.05, 0) is 31.8 Å². The van der Waals surface area contributed by atoms with E-state index in [0.29, 0.717) is 24.4 Å². The zero-order chi connectivity index (χ0) is 15.7. The van der Waals surface area contributed by atoms with Gasteiger partial charge in [0.2, 0.25) is 6.41 Å². The van der Waals surface area contributed by atoms with Crippen LogP contribution in [-0.2, 0) is 4.79 Å². The fourth-order valence-corrected chi connectivity index (χ4v) is 1.87. The Morgan fingerprint density at radius 1 is 1.38 bits per heavy atom. The van der Waals surface area contributed by atoms with Gasteiger partial charge in [0, 0.05) is 37.1 Å². The zero-order valence-electron chi connectivity index (χ0n) is 12.5. The third-order valence-corrected chi connectivity index (χ3v) is 3.11. The number of nitrogens with zero attached hydrogens (tertiary/aromatic N) is 1. The molecular weight excluding hydrogens is 266 g/mol. The van der Waals surface area contributed by atoms with Crippen LogP contribution in [0, 0.1) is 5.41 Å². The van der Waals surface area contributed by atoms with Gasteiger partial charge in [-0.3, -0.25) is 10.2 Å². The van der Waals surface area contributed by atoms with Crippen LogP contribution in [0.5, 0.6) is 0 Å². The molecule has 0 heterocycles. The lowest BCUT2D eigenvalue weighted by Crippen LogP contribution is -2.30. The summed E-state index contributed by atoms with van der Waals surface area (Å²) in [5.74, 6) is 0. The number of likely N-dealkylation sites (N-methyl/N-ethyl adjacent to an activating group) is 2. The van der Waals surface area contributed by atoms with Crippen LogP contribution in [-0.4, -0.2) is 50.8 Å². The maximum absolute atomic E-state index is 10.4. The first-order chi connectivity index (χ1) is 10.1. The van der Waals surface area contributed by atoms with Gasteiger partial charge in [-0.2, -0.15) is 0 Å². The van der Waals surface area contributed by atoms with Crippen LogP contribution >= 0.6 is 0 Å². The molecule has 6 heteroatoms. The molecule has 1 amide bonds. The molecule has 114 valence electrons. The van der Waals surface area contributed by atoms with Crippen molar-refractivity contribution in [1.82, 2.24) is 10.2 Å². The number of hydrogen-bond acceptors (Lipinski definition) is 5. The van der Waals surface area contributed by atoms with Crippen LogP contribution in [0.15, 0.2) is 36.0 Å². The Balaban J connectivity index is 2.72. The lowest BCUT2D eigenvalue weighted by Gasteiger charge is -2.19. The van der Waals surface area contributed by atoms with E-state index in [9.17, 15) is 4.79 Å². The minimum atomic E-state index is 0.395. The maximum Gasteiger partial charge on any atom is 0.211 e. The smallest absolute Gasteiger partial charge is 0.211 e. The van der Waals surface area contributed by atoms with Crippen LogP contribution in [0.3, 0.4) is 0 Å². The van der Waals surface area contributed by atoms with Crippen LogP contribution in [0.1, 0.15) is 5.56 Å². The Morgan fingerprint density at radius 2 is 2.05 bits per heavy atom. The topological polar surface area (TPSA) is 94.2 Å². The van der Waals surface area contributed by atoms with Crippen molar-refractivity contribution < 1.29 is 4.79 Å². The van der Waals surface area contributed by atoms with Gasteiger partial charge in [-0.15, -0.1) is 0 Å². The first-order valence-electron chi connectivity index (χ1n) is 6.75. The average molecular weight is 289 g/mol. The summed E-state index contributed by atoms with van der Waals surface area (Å²) in [6.07, 6.45) is 2.11. The second kappa shape index (κ2) is 8.89. The monoisotopic (exact) mass is 289 g/mol. The highest BCUT2D eigenvalue weighted by Gasteiger charge is 2.10. The maximum atomic E-state index is 10.4. The van der Waals surface area contributed by atoms with Gasteiger partial charge in [0.15, 0.2) is 0 Å². The largest absolute Gasteiger partial charge is 0.404 e. The van der Waals surface area contributed by atoms with Gasteiger partial charge in [0.25, 0.3) is 0 Å². The van der Waals surface area contributed by atoms with E-state index in [1.165, 1.54) is 6.20 Å². The van der Waals surface area contributed by atoms with E-state index in [4.69, 9.17) is 11.1 Å². The molecular formula is C15H23N5O. The number of carbonyl (C=O) groups is 1. The van der Waals surface area contributed by atoms with E-state index in [-0.39, 0.29) is 0 Å². The average Bonchev–Trinajstić information content (AvgIpc) is 2.51.